The third-order valence-corrected chi connectivity index (χ3v) is 2.90. The van der Waals surface area contributed by atoms with Gasteiger partial charge in [-0.2, -0.15) is 0 Å². The van der Waals surface area contributed by atoms with Gasteiger partial charge in [-0.25, -0.2) is 9.97 Å². The van der Waals surface area contributed by atoms with Crippen LogP contribution < -0.4 is 4.74 Å². The van der Waals surface area contributed by atoms with E-state index in [0.717, 1.165) is 28.4 Å². The fraction of sp³-hybridized carbons (Fsp3) is 0.286. The minimum absolute atomic E-state index is 0.533. The Morgan fingerprint density at radius 3 is 2.78 bits per heavy atom. The van der Waals surface area contributed by atoms with Gasteiger partial charge < -0.3 is 4.74 Å². The van der Waals surface area contributed by atoms with Crippen molar-refractivity contribution in [1.29, 1.82) is 0 Å². The fourth-order valence-corrected chi connectivity index (χ4v) is 1.97. The van der Waals surface area contributed by atoms with Gasteiger partial charge in [-0.1, -0.05) is 0 Å². The first-order chi connectivity index (χ1) is 8.74. The molecule has 0 bridgehead atoms. The summed E-state index contributed by atoms with van der Waals surface area (Å²) in [7, 11) is 1.67. The fourth-order valence-electron chi connectivity index (χ4n) is 1.80. The molecule has 1 heterocycles. The standard InChI is InChI=1S/C14H15ClN2O/c1-10-9-11(3-4-13(10)18-2)12-6-8-16-14(17-12)5-7-15/h3-4,6,8-9H,5,7H2,1-2H3. The minimum Gasteiger partial charge on any atom is -0.496 e. The Labute approximate surface area is 112 Å². The van der Waals surface area contributed by atoms with E-state index in [0.29, 0.717) is 12.3 Å². The Kier molecular flexibility index (Phi) is 4.15. The highest BCUT2D eigenvalue weighted by Crippen LogP contribution is 2.24. The molecule has 0 aliphatic carbocycles. The Hall–Kier alpha value is -1.61. The quantitative estimate of drug-likeness (QED) is 0.794. The van der Waals surface area contributed by atoms with Crippen molar-refractivity contribution in [3.05, 3.63) is 41.9 Å². The van der Waals surface area contributed by atoms with Crippen LogP contribution in [0.4, 0.5) is 0 Å². The highest BCUT2D eigenvalue weighted by molar-refractivity contribution is 6.17. The van der Waals surface area contributed by atoms with Crippen LogP contribution in [0.2, 0.25) is 0 Å². The topological polar surface area (TPSA) is 35.0 Å². The van der Waals surface area contributed by atoms with Gasteiger partial charge in [0, 0.05) is 24.1 Å². The van der Waals surface area contributed by atoms with E-state index in [9.17, 15) is 0 Å². The van der Waals surface area contributed by atoms with Crippen molar-refractivity contribution in [2.75, 3.05) is 13.0 Å². The van der Waals surface area contributed by atoms with Gasteiger partial charge >= 0.3 is 0 Å². The van der Waals surface area contributed by atoms with Crippen LogP contribution in [0.3, 0.4) is 0 Å². The van der Waals surface area contributed by atoms with Crippen molar-refractivity contribution in [2.45, 2.75) is 13.3 Å². The van der Waals surface area contributed by atoms with Crippen LogP contribution in [0.15, 0.2) is 30.5 Å². The normalized spacial score (nSPS) is 10.4. The number of nitrogens with zero attached hydrogens (tertiary/aromatic N) is 2. The lowest BCUT2D eigenvalue weighted by Crippen LogP contribution is -1.97. The number of halogens is 1. The third-order valence-electron chi connectivity index (χ3n) is 2.71. The first kappa shape index (κ1) is 12.8. The molecule has 1 aromatic heterocycles. The average Bonchev–Trinajstić information content (AvgIpc) is 2.39. The van der Waals surface area contributed by atoms with Crippen LogP contribution in [0, 0.1) is 6.92 Å². The average molecular weight is 263 g/mol. The summed E-state index contributed by atoms with van der Waals surface area (Å²) in [5, 5.41) is 0. The van der Waals surface area contributed by atoms with Crippen LogP contribution in [-0.4, -0.2) is 23.0 Å². The van der Waals surface area contributed by atoms with E-state index in [1.807, 2.05) is 25.1 Å². The number of ether oxygens (including phenoxy) is 1. The number of aromatic nitrogens is 2. The van der Waals surface area contributed by atoms with Gasteiger partial charge in [0.25, 0.3) is 0 Å². The molecule has 3 nitrogen and oxygen atoms in total. The molecule has 0 unspecified atom stereocenters. The smallest absolute Gasteiger partial charge is 0.130 e. The Balaban J connectivity index is 2.36. The van der Waals surface area contributed by atoms with Gasteiger partial charge in [0.15, 0.2) is 0 Å². The predicted octanol–water partition coefficient (Wildman–Crippen LogP) is 3.24. The SMILES string of the molecule is COc1ccc(-c2ccnc(CCCl)n2)cc1C. The van der Waals surface area contributed by atoms with Crippen molar-refractivity contribution in [3.63, 3.8) is 0 Å². The summed E-state index contributed by atoms with van der Waals surface area (Å²) < 4.78 is 5.25. The minimum atomic E-state index is 0.533. The van der Waals surface area contributed by atoms with E-state index < -0.39 is 0 Å². The maximum Gasteiger partial charge on any atom is 0.130 e. The molecule has 0 aliphatic heterocycles. The molecule has 0 spiro atoms. The van der Waals surface area contributed by atoms with E-state index >= 15 is 0 Å². The summed E-state index contributed by atoms with van der Waals surface area (Å²) >= 11 is 5.70. The predicted molar refractivity (Wildman–Crippen MR) is 73.2 cm³/mol. The van der Waals surface area contributed by atoms with Crippen LogP contribution >= 0.6 is 11.6 Å². The largest absolute Gasteiger partial charge is 0.496 e. The number of aryl methyl sites for hydroxylation is 2. The molecule has 0 N–H and O–H groups in total. The summed E-state index contributed by atoms with van der Waals surface area (Å²) in [6.07, 6.45) is 2.45. The number of rotatable bonds is 4. The monoisotopic (exact) mass is 262 g/mol. The molecule has 1 aromatic carbocycles. The lowest BCUT2D eigenvalue weighted by atomic mass is 10.1. The number of methoxy groups -OCH3 is 1. The molecule has 0 amide bonds. The van der Waals surface area contributed by atoms with Crippen molar-refractivity contribution >= 4 is 11.6 Å². The Bertz CT molecular complexity index is 543. The Morgan fingerprint density at radius 1 is 1.28 bits per heavy atom. The second-order valence-corrected chi connectivity index (χ2v) is 4.36. The van der Waals surface area contributed by atoms with Gasteiger partial charge in [-0.15, -0.1) is 11.6 Å². The molecule has 18 heavy (non-hydrogen) atoms. The first-order valence-corrected chi connectivity index (χ1v) is 6.31. The number of benzene rings is 1. The zero-order chi connectivity index (χ0) is 13.0. The first-order valence-electron chi connectivity index (χ1n) is 5.77. The van der Waals surface area contributed by atoms with Crippen molar-refractivity contribution in [3.8, 4) is 17.0 Å². The van der Waals surface area contributed by atoms with E-state index in [1.165, 1.54) is 0 Å². The number of hydrogen-bond donors (Lipinski definition) is 0. The van der Waals surface area contributed by atoms with E-state index in [4.69, 9.17) is 16.3 Å². The zero-order valence-electron chi connectivity index (χ0n) is 10.5. The molecule has 0 saturated heterocycles. The summed E-state index contributed by atoms with van der Waals surface area (Å²) in [5.41, 5.74) is 3.06. The van der Waals surface area contributed by atoms with Gasteiger partial charge in [0.2, 0.25) is 0 Å². The van der Waals surface area contributed by atoms with E-state index in [-0.39, 0.29) is 0 Å². The molecule has 0 saturated carbocycles. The molecule has 0 atom stereocenters. The summed E-state index contributed by atoms with van der Waals surface area (Å²) in [6, 6.07) is 7.91. The number of hydrogen-bond acceptors (Lipinski definition) is 3. The molecule has 0 aliphatic rings. The highest BCUT2D eigenvalue weighted by Gasteiger charge is 2.05. The molecule has 2 rings (SSSR count). The van der Waals surface area contributed by atoms with Crippen LogP contribution in [-0.2, 0) is 6.42 Å². The summed E-state index contributed by atoms with van der Waals surface area (Å²) in [6.45, 7) is 2.02. The van der Waals surface area contributed by atoms with Crippen molar-refractivity contribution in [2.24, 2.45) is 0 Å². The van der Waals surface area contributed by atoms with Gasteiger partial charge in [-0.3, -0.25) is 0 Å². The molecule has 0 radical (unpaired) electrons. The lowest BCUT2D eigenvalue weighted by Gasteiger charge is -2.07. The summed E-state index contributed by atoms with van der Waals surface area (Å²) in [4.78, 5) is 8.68. The van der Waals surface area contributed by atoms with Crippen LogP contribution in [0.25, 0.3) is 11.3 Å². The Morgan fingerprint density at radius 2 is 2.11 bits per heavy atom. The maximum atomic E-state index is 5.70. The van der Waals surface area contributed by atoms with Gasteiger partial charge in [0.05, 0.1) is 12.8 Å². The maximum absolute atomic E-state index is 5.70. The lowest BCUT2D eigenvalue weighted by molar-refractivity contribution is 0.412. The molecular weight excluding hydrogens is 248 g/mol. The van der Waals surface area contributed by atoms with Crippen molar-refractivity contribution in [1.82, 2.24) is 9.97 Å². The molecule has 94 valence electrons. The highest BCUT2D eigenvalue weighted by atomic mass is 35.5. The van der Waals surface area contributed by atoms with Crippen molar-refractivity contribution < 1.29 is 4.74 Å². The molecule has 0 fully saturated rings. The zero-order valence-corrected chi connectivity index (χ0v) is 11.2. The summed E-state index contributed by atoms with van der Waals surface area (Å²) in [5.74, 6) is 2.19. The molecular formula is C14H15ClN2O. The number of alkyl halides is 1. The van der Waals surface area contributed by atoms with Crippen LogP contribution in [0.5, 0.6) is 5.75 Å². The second-order valence-electron chi connectivity index (χ2n) is 3.98. The third kappa shape index (κ3) is 2.79. The van der Waals surface area contributed by atoms with Gasteiger partial charge in [0.1, 0.15) is 11.6 Å². The van der Waals surface area contributed by atoms with Crippen LogP contribution in [0.1, 0.15) is 11.4 Å². The second kappa shape index (κ2) is 5.83. The molecule has 4 heteroatoms. The van der Waals surface area contributed by atoms with Gasteiger partial charge in [-0.05, 0) is 36.8 Å². The molecule has 2 aromatic rings. The van der Waals surface area contributed by atoms with E-state index in [2.05, 4.69) is 16.0 Å². The van der Waals surface area contributed by atoms with E-state index in [1.54, 1.807) is 13.3 Å².